The lowest BCUT2D eigenvalue weighted by Gasteiger charge is -2.40. The quantitative estimate of drug-likeness (QED) is 0.646. The van der Waals surface area contributed by atoms with Gasteiger partial charge in [0.05, 0.1) is 22.2 Å². The summed E-state index contributed by atoms with van der Waals surface area (Å²) in [6.45, 7) is 0. The molecule has 0 bridgehead atoms. The Morgan fingerprint density at radius 1 is 1.27 bits per heavy atom. The van der Waals surface area contributed by atoms with Crippen LogP contribution in [0.25, 0.3) is 0 Å². The molecule has 1 aliphatic rings. The molecule has 1 amide bonds. The summed E-state index contributed by atoms with van der Waals surface area (Å²) in [7, 11) is 0. The SMILES string of the molecule is O=C(NC(c1cccc(F)c1)[C@]1(O)CC[C@H](F)CC1)c1nccc(C(F)(F)F)c1Cl. The van der Waals surface area contributed by atoms with Gasteiger partial charge in [-0.3, -0.25) is 4.79 Å². The monoisotopic (exact) mass is 448 g/mol. The Hall–Kier alpha value is -2.26. The number of halogens is 6. The van der Waals surface area contributed by atoms with Gasteiger partial charge in [0, 0.05) is 6.20 Å². The van der Waals surface area contributed by atoms with E-state index in [0.29, 0.717) is 6.07 Å². The zero-order chi connectivity index (χ0) is 22.1. The molecule has 1 aliphatic carbocycles. The third kappa shape index (κ3) is 4.73. The minimum absolute atomic E-state index is 0.0284. The highest BCUT2D eigenvalue weighted by atomic mass is 35.5. The summed E-state index contributed by atoms with van der Waals surface area (Å²) in [5.74, 6) is -1.71. The molecule has 0 saturated heterocycles. The third-order valence-electron chi connectivity index (χ3n) is 5.19. The van der Waals surface area contributed by atoms with E-state index in [1.807, 2.05) is 0 Å². The molecular formula is C20H18ClF5N2O2. The van der Waals surface area contributed by atoms with E-state index in [0.717, 1.165) is 18.3 Å². The molecule has 4 nitrogen and oxygen atoms in total. The van der Waals surface area contributed by atoms with E-state index in [-0.39, 0.29) is 31.2 Å². The number of hydrogen-bond acceptors (Lipinski definition) is 3. The second kappa shape index (κ2) is 8.47. The first-order chi connectivity index (χ1) is 14.0. The smallest absolute Gasteiger partial charge is 0.387 e. The highest BCUT2D eigenvalue weighted by Gasteiger charge is 2.43. The molecule has 1 atom stereocenters. The molecule has 1 aromatic carbocycles. The summed E-state index contributed by atoms with van der Waals surface area (Å²) >= 11 is 5.77. The summed E-state index contributed by atoms with van der Waals surface area (Å²) in [5, 5.41) is 12.6. The second-order valence-corrected chi connectivity index (χ2v) is 7.64. The molecular weight excluding hydrogens is 431 g/mol. The van der Waals surface area contributed by atoms with E-state index in [2.05, 4.69) is 10.3 Å². The number of hydrogen-bond donors (Lipinski definition) is 2. The first-order valence-electron chi connectivity index (χ1n) is 9.16. The van der Waals surface area contributed by atoms with Gasteiger partial charge in [-0.1, -0.05) is 23.7 Å². The van der Waals surface area contributed by atoms with Crippen molar-refractivity contribution in [2.45, 2.75) is 49.7 Å². The Labute approximate surface area is 174 Å². The average molecular weight is 449 g/mol. The Bertz CT molecular complexity index is 930. The number of aliphatic hydroxyl groups is 1. The first kappa shape index (κ1) is 22.4. The maximum atomic E-state index is 13.8. The number of nitrogens with one attached hydrogen (secondary N) is 1. The zero-order valence-corrected chi connectivity index (χ0v) is 16.3. The number of nitrogens with zero attached hydrogens (tertiary/aromatic N) is 1. The number of carbonyl (C=O) groups is 1. The molecule has 30 heavy (non-hydrogen) atoms. The number of aromatic nitrogens is 1. The summed E-state index contributed by atoms with van der Waals surface area (Å²) in [6.07, 6.45) is -5.12. The van der Waals surface area contributed by atoms with Crippen LogP contribution in [-0.4, -0.2) is 27.8 Å². The molecule has 2 N–H and O–H groups in total. The zero-order valence-electron chi connectivity index (χ0n) is 15.5. The van der Waals surface area contributed by atoms with Gasteiger partial charge in [-0.25, -0.2) is 13.8 Å². The van der Waals surface area contributed by atoms with Crippen molar-refractivity contribution in [3.8, 4) is 0 Å². The van der Waals surface area contributed by atoms with Crippen LogP contribution in [0.4, 0.5) is 22.0 Å². The second-order valence-electron chi connectivity index (χ2n) is 7.26. The molecule has 0 spiro atoms. The van der Waals surface area contributed by atoms with Gasteiger partial charge < -0.3 is 10.4 Å². The van der Waals surface area contributed by atoms with Gasteiger partial charge in [0.15, 0.2) is 0 Å². The molecule has 1 saturated carbocycles. The molecule has 2 aromatic rings. The van der Waals surface area contributed by atoms with Crippen LogP contribution >= 0.6 is 11.6 Å². The van der Waals surface area contributed by atoms with Crippen molar-refractivity contribution in [3.63, 3.8) is 0 Å². The van der Waals surface area contributed by atoms with Crippen molar-refractivity contribution >= 4 is 17.5 Å². The van der Waals surface area contributed by atoms with Gasteiger partial charge in [0.1, 0.15) is 17.7 Å². The summed E-state index contributed by atoms with van der Waals surface area (Å²) < 4.78 is 66.7. The molecule has 10 heteroatoms. The highest BCUT2D eigenvalue weighted by Crippen LogP contribution is 2.40. The van der Waals surface area contributed by atoms with Crippen LogP contribution in [0, 0.1) is 5.82 Å². The van der Waals surface area contributed by atoms with E-state index in [1.54, 1.807) is 0 Å². The Kier molecular flexibility index (Phi) is 6.33. The van der Waals surface area contributed by atoms with Crippen molar-refractivity contribution < 1.29 is 31.9 Å². The number of amides is 1. The minimum Gasteiger partial charge on any atom is -0.387 e. The van der Waals surface area contributed by atoms with E-state index < -0.39 is 52.0 Å². The lowest BCUT2D eigenvalue weighted by Crippen LogP contribution is -2.48. The van der Waals surface area contributed by atoms with Gasteiger partial charge >= 0.3 is 6.18 Å². The number of pyridine rings is 1. The molecule has 162 valence electrons. The van der Waals surface area contributed by atoms with Crippen molar-refractivity contribution in [3.05, 3.63) is 64.2 Å². The van der Waals surface area contributed by atoms with Crippen LogP contribution < -0.4 is 5.32 Å². The Balaban J connectivity index is 1.97. The molecule has 3 rings (SSSR count). The molecule has 1 aromatic heterocycles. The summed E-state index contributed by atoms with van der Waals surface area (Å²) in [4.78, 5) is 16.4. The predicted molar refractivity (Wildman–Crippen MR) is 99.2 cm³/mol. The molecule has 0 radical (unpaired) electrons. The highest BCUT2D eigenvalue weighted by molar-refractivity contribution is 6.34. The fourth-order valence-electron chi connectivity index (χ4n) is 3.61. The van der Waals surface area contributed by atoms with Gasteiger partial charge in [-0.05, 0) is 49.4 Å². The molecule has 1 fully saturated rings. The van der Waals surface area contributed by atoms with Crippen LogP contribution in [0.1, 0.15) is 53.3 Å². The normalized spacial score (nSPS) is 23.1. The van der Waals surface area contributed by atoms with Crippen LogP contribution in [0.15, 0.2) is 36.5 Å². The van der Waals surface area contributed by atoms with Crippen LogP contribution in [0.2, 0.25) is 5.02 Å². The van der Waals surface area contributed by atoms with Gasteiger partial charge in [0.25, 0.3) is 5.91 Å². The third-order valence-corrected chi connectivity index (χ3v) is 5.57. The first-order valence-corrected chi connectivity index (χ1v) is 9.53. The van der Waals surface area contributed by atoms with Crippen molar-refractivity contribution in [2.24, 2.45) is 0 Å². The average Bonchev–Trinajstić information content (AvgIpc) is 2.67. The van der Waals surface area contributed by atoms with Crippen LogP contribution in [0.5, 0.6) is 0 Å². The van der Waals surface area contributed by atoms with E-state index >= 15 is 0 Å². The van der Waals surface area contributed by atoms with Crippen molar-refractivity contribution in [1.29, 1.82) is 0 Å². The fourth-order valence-corrected chi connectivity index (χ4v) is 3.91. The number of rotatable bonds is 4. The molecule has 1 unspecified atom stereocenters. The Morgan fingerprint density at radius 2 is 1.93 bits per heavy atom. The fraction of sp³-hybridized carbons (Fsp3) is 0.400. The standard InChI is InChI=1S/C20H18ClF5N2O2/c21-15-14(20(24,25)26)6-9-27-16(15)18(29)28-17(11-2-1-3-13(23)10-11)19(30)7-4-12(22)5-8-19/h1-3,6,9-10,12,17,30H,4-5,7-8H2,(H,28,29)/t12-,17?,19-. The largest absolute Gasteiger partial charge is 0.417 e. The van der Waals surface area contributed by atoms with Crippen molar-refractivity contribution in [2.75, 3.05) is 0 Å². The maximum absolute atomic E-state index is 13.8. The summed E-state index contributed by atoms with van der Waals surface area (Å²) in [6, 6.07) is 4.50. The molecule has 1 heterocycles. The molecule has 0 aliphatic heterocycles. The minimum atomic E-state index is -4.80. The van der Waals surface area contributed by atoms with Crippen LogP contribution in [-0.2, 0) is 6.18 Å². The maximum Gasteiger partial charge on any atom is 0.417 e. The predicted octanol–water partition coefficient (Wildman–Crippen LogP) is 5.01. The van der Waals surface area contributed by atoms with Crippen LogP contribution in [0.3, 0.4) is 0 Å². The van der Waals surface area contributed by atoms with E-state index in [9.17, 15) is 31.9 Å². The van der Waals surface area contributed by atoms with Gasteiger partial charge in [0.2, 0.25) is 0 Å². The summed E-state index contributed by atoms with van der Waals surface area (Å²) in [5.41, 5.74) is -3.36. The van der Waals surface area contributed by atoms with E-state index in [1.165, 1.54) is 12.1 Å². The van der Waals surface area contributed by atoms with E-state index in [4.69, 9.17) is 11.6 Å². The lowest BCUT2D eigenvalue weighted by atomic mass is 9.76. The topological polar surface area (TPSA) is 62.2 Å². The van der Waals surface area contributed by atoms with Crippen molar-refractivity contribution in [1.82, 2.24) is 10.3 Å². The lowest BCUT2D eigenvalue weighted by molar-refractivity contribution is -0.137. The number of carbonyl (C=O) groups excluding carboxylic acids is 1. The number of alkyl halides is 4. The Morgan fingerprint density at radius 3 is 2.53 bits per heavy atom. The van der Waals surface area contributed by atoms with Gasteiger partial charge in [-0.2, -0.15) is 13.2 Å². The number of benzene rings is 1. The van der Waals surface area contributed by atoms with Gasteiger partial charge in [-0.15, -0.1) is 0 Å².